The molecule has 0 aliphatic heterocycles. The summed E-state index contributed by atoms with van der Waals surface area (Å²) in [5, 5.41) is 1.68. The highest BCUT2D eigenvalue weighted by Crippen LogP contribution is 2.30. The molecule has 0 aliphatic carbocycles. The van der Waals surface area contributed by atoms with E-state index in [1.165, 1.54) is 11.1 Å². The molecule has 0 saturated carbocycles. The first kappa shape index (κ1) is 13.5. The summed E-state index contributed by atoms with van der Waals surface area (Å²) < 4.78 is 0. The lowest BCUT2D eigenvalue weighted by Gasteiger charge is -2.17. The Bertz CT molecular complexity index is 361. The summed E-state index contributed by atoms with van der Waals surface area (Å²) in [5.74, 6) is 0.651. The predicted octanol–water partition coefficient (Wildman–Crippen LogP) is 3.29. The van der Waals surface area contributed by atoms with Crippen LogP contribution in [0.15, 0.2) is 11.1 Å². The molecule has 1 atom stereocenters. The lowest BCUT2D eigenvalue weighted by molar-refractivity contribution is 0.641. The minimum atomic E-state index is 0.569. The number of aromatic nitrogens is 1. The van der Waals surface area contributed by atoms with Crippen LogP contribution >= 0.6 is 11.8 Å². The quantitative estimate of drug-likeness (QED) is 0.818. The van der Waals surface area contributed by atoms with Gasteiger partial charge >= 0.3 is 0 Å². The second-order valence-corrected chi connectivity index (χ2v) is 6.00. The maximum atomic E-state index is 5.80. The van der Waals surface area contributed by atoms with E-state index in [-0.39, 0.29) is 0 Å². The number of rotatable bonds is 4. The van der Waals surface area contributed by atoms with Gasteiger partial charge in [0.2, 0.25) is 0 Å². The number of aryl methyl sites for hydroxylation is 2. The summed E-state index contributed by atoms with van der Waals surface area (Å²) in [6.45, 7) is 11.4. The lowest BCUT2D eigenvalue weighted by atomic mass is 10.1. The molecule has 1 heterocycles. The van der Waals surface area contributed by atoms with Crippen LogP contribution in [-0.4, -0.2) is 10.2 Å². The molecule has 2 N–H and O–H groups in total. The van der Waals surface area contributed by atoms with Crippen LogP contribution < -0.4 is 5.73 Å². The first-order valence-corrected chi connectivity index (χ1v) is 6.67. The van der Waals surface area contributed by atoms with Crippen LogP contribution in [0.3, 0.4) is 0 Å². The van der Waals surface area contributed by atoms with Gasteiger partial charge in [0.15, 0.2) is 0 Å². The Hall–Kier alpha value is -0.540. The molecule has 2 nitrogen and oxygen atoms in total. The van der Waals surface area contributed by atoms with Crippen LogP contribution in [0.2, 0.25) is 0 Å². The molecule has 0 fully saturated rings. The SMILES string of the molecule is Cc1cc(C)c(CN)c(SC(C)C(C)C)n1. The summed E-state index contributed by atoms with van der Waals surface area (Å²) in [6, 6.07) is 2.10. The van der Waals surface area contributed by atoms with Gasteiger partial charge in [-0.2, -0.15) is 0 Å². The summed E-state index contributed by atoms with van der Waals surface area (Å²) in [4.78, 5) is 4.61. The zero-order valence-electron chi connectivity index (χ0n) is 10.9. The van der Waals surface area contributed by atoms with E-state index in [2.05, 4.69) is 38.7 Å². The second kappa shape index (κ2) is 5.69. The first-order valence-electron chi connectivity index (χ1n) is 5.79. The summed E-state index contributed by atoms with van der Waals surface area (Å²) in [6.07, 6.45) is 0. The van der Waals surface area contributed by atoms with Gasteiger partial charge in [0.05, 0.1) is 0 Å². The molecule has 1 aromatic heterocycles. The number of thioether (sulfide) groups is 1. The molecule has 90 valence electrons. The Morgan fingerprint density at radius 2 is 1.94 bits per heavy atom. The molecule has 3 heteroatoms. The average molecular weight is 238 g/mol. The first-order chi connectivity index (χ1) is 7.45. The van der Waals surface area contributed by atoms with Crippen LogP contribution in [0.25, 0.3) is 0 Å². The fourth-order valence-electron chi connectivity index (χ4n) is 1.49. The summed E-state index contributed by atoms with van der Waals surface area (Å²) in [7, 11) is 0. The van der Waals surface area contributed by atoms with Crippen LogP contribution in [-0.2, 0) is 6.54 Å². The van der Waals surface area contributed by atoms with E-state index < -0.39 is 0 Å². The zero-order valence-corrected chi connectivity index (χ0v) is 11.7. The normalized spacial score (nSPS) is 13.2. The molecular formula is C13H22N2S. The van der Waals surface area contributed by atoms with Gasteiger partial charge in [0, 0.05) is 23.1 Å². The van der Waals surface area contributed by atoms with Gasteiger partial charge in [-0.25, -0.2) is 4.98 Å². The van der Waals surface area contributed by atoms with Crippen molar-refractivity contribution in [1.29, 1.82) is 0 Å². The van der Waals surface area contributed by atoms with E-state index in [1.54, 1.807) is 0 Å². The molecule has 0 saturated heterocycles. The Labute approximate surface area is 103 Å². The monoisotopic (exact) mass is 238 g/mol. The van der Waals surface area contributed by atoms with E-state index in [4.69, 9.17) is 5.73 Å². The number of pyridine rings is 1. The van der Waals surface area contributed by atoms with E-state index in [9.17, 15) is 0 Å². The molecule has 16 heavy (non-hydrogen) atoms. The third-order valence-corrected chi connectivity index (χ3v) is 4.36. The van der Waals surface area contributed by atoms with Crippen molar-refractivity contribution in [1.82, 2.24) is 4.98 Å². The largest absolute Gasteiger partial charge is 0.326 e. The van der Waals surface area contributed by atoms with Gasteiger partial charge in [-0.05, 0) is 31.4 Å². The predicted molar refractivity (Wildman–Crippen MR) is 71.8 cm³/mol. The molecule has 0 radical (unpaired) electrons. The van der Waals surface area contributed by atoms with Gasteiger partial charge in [-0.1, -0.05) is 20.8 Å². The Balaban J connectivity index is 3.02. The van der Waals surface area contributed by atoms with Gasteiger partial charge in [-0.3, -0.25) is 0 Å². The van der Waals surface area contributed by atoms with Gasteiger partial charge in [-0.15, -0.1) is 11.8 Å². The van der Waals surface area contributed by atoms with Crippen LogP contribution in [0, 0.1) is 19.8 Å². The van der Waals surface area contributed by atoms with Crippen molar-refractivity contribution in [3.63, 3.8) is 0 Å². The van der Waals surface area contributed by atoms with E-state index in [0.717, 1.165) is 10.7 Å². The Kier molecular flexibility index (Phi) is 4.81. The van der Waals surface area contributed by atoms with Crippen molar-refractivity contribution in [2.24, 2.45) is 11.7 Å². The number of hydrogen-bond donors (Lipinski definition) is 1. The second-order valence-electron chi connectivity index (χ2n) is 4.64. The smallest absolute Gasteiger partial charge is 0.101 e. The van der Waals surface area contributed by atoms with E-state index >= 15 is 0 Å². The van der Waals surface area contributed by atoms with E-state index in [1.807, 2.05) is 18.7 Å². The molecular weight excluding hydrogens is 216 g/mol. The molecule has 0 bridgehead atoms. The molecule has 1 unspecified atom stereocenters. The van der Waals surface area contributed by atoms with Gasteiger partial charge in [0.1, 0.15) is 5.03 Å². The van der Waals surface area contributed by atoms with Crippen molar-refractivity contribution in [3.05, 3.63) is 22.9 Å². The van der Waals surface area contributed by atoms with Gasteiger partial charge < -0.3 is 5.73 Å². The third kappa shape index (κ3) is 3.22. The van der Waals surface area contributed by atoms with Crippen LogP contribution in [0.1, 0.15) is 37.6 Å². The fourth-order valence-corrected chi connectivity index (χ4v) is 2.69. The highest BCUT2D eigenvalue weighted by Gasteiger charge is 2.14. The van der Waals surface area contributed by atoms with Gasteiger partial charge in [0.25, 0.3) is 0 Å². The standard InChI is InChI=1S/C13H22N2S/c1-8(2)11(5)16-13-12(7-14)9(3)6-10(4)15-13/h6,8,11H,7,14H2,1-5H3. The Morgan fingerprint density at radius 3 is 2.44 bits per heavy atom. The minimum Gasteiger partial charge on any atom is -0.326 e. The van der Waals surface area contributed by atoms with Crippen LogP contribution in [0.4, 0.5) is 0 Å². The highest BCUT2D eigenvalue weighted by atomic mass is 32.2. The number of nitrogens with zero attached hydrogens (tertiary/aromatic N) is 1. The third-order valence-electron chi connectivity index (χ3n) is 2.88. The molecule has 0 aromatic carbocycles. The molecule has 1 aromatic rings. The Morgan fingerprint density at radius 1 is 1.31 bits per heavy atom. The summed E-state index contributed by atoms with van der Waals surface area (Å²) in [5.41, 5.74) is 9.33. The van der Waals surface area contributed by atoms with Crippen molar-refractivity contribution in [2.75, 3.05) is 0 Å². The van der Waals surface area contributed by atoms with Crippen LogP contribution in [0.5, 0.6) is 0 Å². The number of nitrogens with two attached hydrogens (primary N) is 1. The zero-order chi connectivity index (χ0) is 12.3. The lowest BCUT2D eigenvalue weighted by Crippen LogP contribution is -2.10. The maximum Gasteiger partial charge on any atom is 0.101 e. The van der Waals surface area contributed by atoms with Crippen molar-refractivity contribution >= 4 is 11.8 Å². The van der Waals surface area contributed by atoms with Crippen molar-refractivity contribution < 1.29 is 0 Å². The minimum absolute atomic E-state index is 0.569. The molecule has 0 amide bonds. The molecule has 1 rings (SSSR count). The van der Waals surface area contributed by atoms with E-state index in [0.29, 0.717) is 17.7 Å². The van der Waals surface area contributed by atoms with Crippen molar-refractivity contribution in [3.8, 4) is 0 Å². The molecule has 0 aliphatic rings. The maximum absolute atomic E-state index is 5.80. The highest BCUT2D eigenvalue weighted by molar-refractivity contribution is 7.99. The fraction of sp³-hybridized carbons (Fsp3) is 0.615. The average Bonchev–Trinajstić information content (AvgIpc) is 2.16. The number of hydrogen-bond acceptors (Lipinski definition) is 3. The topological polar surface area (TPSA) is 38.9 Å². The molecule has 0 spiro atoms. The summed E-state index contributed by atoms with van der Waals surface area (Å²) >= 11 is 1.84. The van der Waals surface area contributed by atoms with Crippen molar-refractivity contribution in [2.45, 2.75) is 51.4 Å².